The highest BCUT2D eigenvalue weighted by Gasteiger charge is 2.21. The summed E-state index contributed by atoms with van der Waals surface area (Å²) in [5.41, 5.74) is 6.99. The third-order valence-electron chi connectivity index (χ3n) is 4.71. The Morgan fingerprint density at radius 3 is 2.84 bits per heavy atom. The second-order valence-electron chi connectivity index (χ2n) is 6.13. The largest absolute Gasteiger partial charge is 0.380 e. The Labute approximate surface area is 153 Å². The van der Waals surface area contributed by atoms with Crippen molar-refractivity contribution in [1.29, 1.82) is 0 Å². The van der Waals surface area contributed by atoms with Gasteiger partial charge in [0.15, 0.2) is 0 Å². The maximum absolute atomic E-state index is 4.67. The standard InChI is InChI=1S/C21H14BrN3/c22-15-3-1-2-14(10-15)20-19-12-25-21-17(16(19)7-9-24-20)5-4-13-6-8-23-11-18(13)21/h1-11,25H,12H2. The van der Waals surface area contributed by atoms with Gasteiger partial charge in [0, 0.05) is 51.7 Å². The average molecular weight is 388 g/mol. The molecule has 120 valence electrons. The van der Waals surface area contributed by atoms with Crippen molar-refractivity contribution >= 4 is 32.4 Å². The fraction of sp³-hybridized carbons (Fsp3) is 0.0476. The lowest BCUT2D eigenvalue weighted by molar-refractivity contribution is 1.10. The summed E-state index contributed by atoms with van der Waals surface area (Å²) in [6, 6.07) is 16.8. The summed E-state index contributed by atoms with van der Waals surface area (Å²) in [6.45, 7) is 0.756. The molecule has 5 rings (SSSR count). The van der Waals surface area contributed by atoms with E-state index >= 15 is 0 Å². The summed E-state index contributed by atoms with van der Waals surface area (Å²) in [5.74, 6) is 0. The van der Waals surface area contributed by atoms with Crippen molar-refractivity contribution in [3.63, 3.8) is 0 Å². The van der Waals surface area contributed by atoms with Crippen molar-refractivity contribution in [2.45, 2.75) is 6.54 Å². The molecular weight excluding hydrogens is 374 g/mol. The van der Waals surface area contributed by atoms with E-state index in [1.54, 1.807) is 0 Å². The van der Waals surface area contributed by atoms with E-state index in [9.17, 15) is 0 Å². The molecule has 1 N–H and O–H groups in total. The van der Waals surface area contributed by atoms with E-state index < -0.39 is 0 Å². The lowest BCUT2D eigenvalue weighted by Crippen LogP contribution is -2.11. The molecule has 0 aliphatic carbocycles. The zero-order valence-electron chi connectivity index (χ0n) is 13.3. The zero-order chi connectivity index (χ0) is 16.8. The Morgan fingerprint density at radius 2 is 1.92 bits per heavy atom. The lowest BCUT2D eigenvalue weighted by atomic mass is 9.90. The Hall–Kier alpha value is -2.72. The van der Waals surface area contributed by atoms with Gasteiger partial charge in [-0.3, -0.25) is 9.97 Å². The highest BCUT2D eigenvalue weighted by molar-refractivity contribution is 9.10. The van der Waals surface area contributed by atoms with Crippen LogP contribution in [0.5, 0.6) is 0 Å². The van der Waals surface area contributed by atoms with Gasteiger partial charge in [0.1, 0.15) is 0 Å². The number of pyridine rings is 2. The molecule has 0 amide bonds. The number of anilines is 1. The van der Waals surface area contributed by atoms with Crippen molar-refractivity contribution in [1.82, 2.24) is 9.97 Å². The summed E-state index contributed by atoms with van der Waals surface area (Å²) in [5, 5.41) is 5.95. The first kappa shape index (κ1) is 14.6. The van der Waals surface area contributed by atoms with Crippen LogP contribution in [0.2, 0.25) is 0 Å². The minimum Gasteiger partial charge on any atom is -0.380 e. The molecule has 0 fully saturated rings. The third-order valence-corrected chi connectivity index (χ3v) is 5.20. The first-order chi connectivity index (χ1) is 12.3. The van der Waals surface area contributed by atoms with Crippen LogP contribution in [0.25, 0.3) is 33.2 Å². The Morgan fingerprint density at radius 1 is 0.960 bits per heavy atom. The van der Waals surface area contributed by atoms with Gasteiger partial charge in [-0.25, -0.2) is 0 Å². The molecule has 0 saturated carbocycles. The molecule has 0 unspecified atom stereocenters. The van der Waals surface area contributed by atoms with Gasteiger partial charge in [-0.2, -0.15) is 0 Å². The molecule has 3 nitrogen and oxygen atoms in total. The summed E-state index contributed by atoms with van der Waals surface area (Å²) in [6.07, 6.45) is 5.67. The normalized spacial score (nSPS) is 12.4. The number of hydrogen-bond donors (Lipinski definition) is 1. The van der Waals surface area contributed by atoms with Gasteiger partial charge in [-0.15, -0.1) is 0 Å². The maximum atomic E-state index is 4.67. The van der Waals surface area contributed by atoms with Crippen LogP contribution in [0, 0.1) is 0 Å². The van der Waals surface area contributed by atoms with Gasteiger partial charge in [0.05, 0.1) is 11.4 Å². The van der Waals surface area contributed by atoms with Crippen LogP contribution in [0.4, 0.5) is 5.69 Å². The van der Waals surface area contributed by atoms with Gasteiger partial charge in [-0.05, 0) is 35.2 Å². The molecule has 25 heavy (non-hydrogen) atoms. The second-order valence-corrected chi connectivity index (χ2v) is 7.05. The predicted octanol–water partition coefficient (Wildman–Crippen LogP) is 5.65. The molecule has 1 aliphatic rings. The van der Waals surface area contributed by atoms with Crippen molar-refractivity contribution in [2.24, 2.45) is 0 Å². The van der Waals surface area contributed by atoms with E-state index in [1.165, 1.54) is 22.1 Å². The SMILES string of the molecule is Brc1cccc(-c2nccc3c2CNc2c-3ccc3ccncc23)c1. The number of halogens is 1. The molecule has 2 aromatic heterocycles. The average Bonchev–Trinajstić information content (AvgIpc) is 2.67. The number of benzene rings is 2. The molecule has 0 atom stereocenters. The van der Waals surface area contributed by atoms with Crippen LogP contribution in [-0.2, 0) is 6.54 Å². The molecular formula is C21H14BrN3. The van der Waals surface area contributed by atoms with Crippen molar-refractivity contribution < 1.29 is 0 Å². The molecule has 0 bridgehead atoms. The van der Waals surface area contributed by atoms with E-state index in [0.29, 0.717) is 0 Å². The molecule has 4 aromatic rings. The Kier molecular flexibility index (Phi) is 3.31. The first-order valence-corrected chi connectivity index (χ1v) is 8.95. The van der Waals surface area contributed by atoms with Gasteiger partial charge in [0.25, 0.3) is 0 Å². The molecule has 0 spiro atoms. The number of nitrogens with zero attached hydrogens (tertiary/aromatic N) is 2. The lowest BCUT2D eigenvalue weighted by Gasteiger charge is -2.24. The first-order valence-electron chi connectivity index (χ1n) is 8.16. The molecule has 2 aromatic carbocycles. The number of aromatic nitrogens is 2. The molecule has 0 saturated heterocycles. The van der Waals surface area contributed by atoms with Gasteiger partial charge >= 0.3 is 0 Å². The predicted molar refractivity (Wildman–Crippen MR) is 105 cm³/mol. The van der Waals surface area contributed by atoms with E-state index in [-0.39, 0.29) is 0 Å². The van der Waals surface area contributed by atoms with Gasteiger partial charge in [-0.1, -0.05) is 40.2 Å². The van der Waals surface area contributed by atoms with E-state index in [4.69, 9.17) is 0 Å². The van der Waals surface area contributed by atoms with Crippen LogP contribution in [-0.4, -0.2) is 9.97 Å². The van der Waals surface area contributed by atoms with Crippen molar-refractivity contribution in [2.75, 3.05) is 5.32 Å². The molecule has 4 heteroatoms. The van der Waals surface area contributed by atoms with Crippen LogP contribution in [0.3, 0.4) is 0 Å². The second kappa shape index (κ2) is 5.67. The minimum atomic E-state index is 0.756. The van der Waals surface area contributed by atoms with E-state index in [1.807, 2.05) is 36.8 Å². The fourth-order valence-electron chi connectivity index (χ4n) is 3.56. The van der Waals surface area contributed by atoms with Crippen LogP contribution in [0.15, 0.2) is 71.6 Å². The highest BCUT2D eigenvalue weighted by Crippen LogP contribution is 2.42. The van der Waals surface area contributed by atoms with Crippen molar-refractivity contribution in [3.8, 4) is 22.4 Å². The van der Waals surface area contributed by atoms with Crippen LogP contribution in [0.1, 0.15) is 5.56 Å². The van der Waals surface area contributed by atoms with Crippen molar-refractivity contribution in [3.05, 3.63) is 77.2 Å². The maximum Gasteiger partial charge on any atom is 0.0758 e. The van der Waals surface area contributed by atoms with Gasteiger partial charge in [0.2, 0.25) is 0 Å². The monoisotopic (exact) mass is 387 g/mol. The van der Waals surface area contributed by atoms with Crippen LogP contribution < -0.4 is 5.32 Å². The number of hydrogen-bond acceptors (Lipinski definition) is 3. The Bertz CT molecular complexity index is 1120. The van der Waals surface area contributed by atoms with Crippen LogP contribution >= 0.6 is 15.9 Å². The quantitative estimate of drug-likeness (QED) is 0.458. The van der Waals surface area contributed by atoms with E-state index in [2.05, 4.69) is 61.5 Å². The summed E-state index contributed by atoms with van der Waals surface area (Å²) in [4.78, 5) is 8.96. The smallest absolute Gasteiger partial charge is 0.0758 e. The summed E-state index contributed by atoms with van der Waals surface area (Å²) < 4.78 is 1.06. The molecule has 0 radical (unpaired) electrons. The third kappa shape index (κ3) is 2.33. The summed E-state index contributed by atoms with van der Waals surface area (Å²) >= 11 is 3.56. The minimum absolute atomic E-state index is 0.756. The van der Waals surface area contributed by atoms with E-state index in [0.717, 1.165) is 33.3 Å². The number of fused-ring (bicyclic) bond motifs is 5. The zero-order valence-corrected chi connectivity index (χ0v) is 14.9. The molecule has 1 aliphatic heterocycles. The Balaban J connectivity index is 1.76. The fourth-order valence-corrected chi connectivity index (χ4v) is 3.96. The highest BCUT2D eigenvalue weighted by atomic mass is 79.9. The van der Waals surface area contributed by atoms with Gasteiger partial charge < -0.3 is 5.32 Å². The number of rotatable bonds is 1. The molecule has 3 heterocycles. The number of nitrogens with one attached hydrogen (secondary N) is 1. The topological polar surface area (TPSA) is 37.8 Å². The summed E-state index contributed by atoms with van der Waals surface area (Å²) in [7, 11) is 0.